The summed E-state index contributed by atoms with van der Waals surface area (Å²) in [5, 5.41) is 9.89. The summed E-state index contributed by atoms with van der Waals surface area (Å²) in [5.74, 6) is -0.719. The van der Waals surface area contributed by atoms with Crippen LogP contribution in [-0.4, -0.2) is 59.5 Å². The van der Waals surface area contributed by atoms with E-state index in [9.17, 15) is 19.1 Å². The van der Waals surface area contributed by atoms with Gasteiger partial charge in [0, 0.05) is 44.2 Å². The molecule has 1 amide bonds. The van der Waals surface area contributed by atoms with Crippen LogP contribution in [0.4, 0.5) is 4.39 Å². The highest BCUT2D eigenvalue weighted by Gasteiger charge is 2.58. The van der Waals surface area contributed by atoms with Crippen LogP contribution in [0.1, 0.15) is 29.6 Å². The molecule has 2 atom stereocenters. The maximum Gasteiger partial charge on any atom is 0.313 e. The van der Waals surface area contributed by atoms with E-state index in [1.807, 2.05) is 0 Å². The summed E-state index contributed by atoms with van der Waals surface area (Å²) >= 11 is 0. The van der Waals surface area contributed by atoms with E-state index in [0.717, 1.165) is 13.1 Å². The van der Waals surface area contributed by atoms with Gasteiger partial charge in [-0.3, -0.25) is 9.59 Å². The van der Waals surface area contributed by atoms with E-state index < -0.39 is 11.4 Å². The van der Waals surface area contributed by atoms with Gasteiger partial charge in [-0.05, 0) is 43.0 Å². The highest BCUT2D eigenvalue weighted by Crippen LogP contribution is 2.44. The topological polar surface area (TPSA) is 60.9 Å². The van der Waals surface area contributed by atoms with Gasteiger partial charge >= 0.3 is 5.97 Å². The number of likely N-dealkylation sites (tertiary alicyclic amines) is 2. The molecule has 6 heteroatoms. The number of carbonyl (C=O) groups excluding carboxylic acids is 1. The van der Waals surface area contributed by atoms with Gasteiger partial charge in [0.05, 0.1) is 0 Å². The zero-order valence-corrected chi connectivity index (χ0v) is 14.2. The molecule has 1 aliphatic carbocycles. The lowest BCUT2D eigenvalue weighted by Crippen LogP contribution is -2.43. The Bertz CT molecular complexity index is 688. The van der Waals surface area contributed by atoms with Crippen LogP contribution in [0.2, 0.25) is 0 Å². The minimum atomic E-state index is -0.862. The second-order valence-corrected chi connectivity index (χ2v) is 7.84. The van der Waals surface area contributed by atoms with E-state index in [1.165, 1.54) is 43.5 Å². The Hall–Kier alpha value is -1.95. The number of carboxylic acid groups (broad SMARTS) is 1. The molecule has 2 heterocycles. The Labute approximate surface area is 146 Å². The van der Waals surface area contributed by atoms with Crippen LogP contribution >= 0.6 is 0 Å². The van der Waals surface area contributed by atoms with Crippen LogP contribution in [0.25, 0.3) is 0 Å². The molecule has 1 aromatic rings. The average Bonchev–Trinajstić information content (AvgIpc) is 3.06. The predicted octanol–water partition coefficient (Wildman–Crippen LogP) is 2.08. The highest BCUT2D eigenvalue weighted by atomic mass is 19.1. The van der Waals surface area contributed by atoms with Crippen molar-refractivity contribution >= 4 is 11.9 Å². The lowest BCUT2D eigenvalue weighted by Gasteiger charge is -2.31. The number of hydrogen-bond donors (Lipinski definition) is 1. The fourth-order valence-corrected chi connectivity index (χ4v) is 4.58. The van der Waals surface area contributed by atoms with Gasteiger partial charge in [0.25, 0.3) is 5.91 Å². The highest BCUT2D eigenvalue weighted by molar-refractivity contribution is 5.95. The number of rotatable bonds is 4. The van der Waals surface area contributed by atoms with Gasteiger partial charge in [0.15, 0.2) is 0 Å². The predicted molar refractivity (Wildman–Crippen MR) is 89.6 cm³/mol. The van der Waals surface area contributed by atoms with Crippen LogP contribution in [0, 0.1) is 23.1 Å². The summed E-state index contributed by atoms with van der Waals surface area (Å²) in [4.78, 5) is 28.6. The maximum atomic E-state index is 13.1. The molecule has 2 aliphatic heterocycles. The van der Waals surface area contributed by atoms with Crippen LogP contribution in [0.5, 0.6) is 0 Å². The molecule has 0 radical (unpaired) electrons. The lowest BCUT2D eigenvalue weighted by molar-refractivity contribution is -0.148. The van der Waals surface area contributed by atoms with Gasteiger partial charge in [-0.1, -0.05) is 6.42 Å². The monoisotopic (exact) mass is 346 g/mol. The van der Waals surface area contributed by atoms with Crippen molar-refractivity contribution in [2.45, 2.75) is 19.3 Å². The molecule has 2 saturated heterocycles. The fraction of sp³-hybridized carbons (Fsp3) is 0.579. The van der Waals surface area contributed by atoms with Gasteiger partial charge < -0.3 is 14.9 Å². The lowest BCUT2D eigenvalue weighted by atomic mass is 9.81. The van der Waals surface area contributed by atoms with E-state index in [0.29, 0.717) is 24.6 Å². The Morgan fingerprint density at radius 1 is 1.16 bits per heavy atom. The smallest absolute Gasteiger partial charge is 0.313 e. The summed E-state index contributed by atoms with van der Waals surface area (Å²) in [5.41, 5.74) is -0.451. The van der Waals surface area contributed by atoms with Gasteiger partial charge in [0.1, 0.15) is 11.2 Å². The summed E-state index contributed by atoms with van der Waals surface area (Å²) in [6.07, 6.45) is 3.78. The normalized spacial score (nSPS) is 29.5. The number of nitrogens with zero attached hydrogens (tertiary/aromatic N) is 2. The summed E-state index contributed by atoms with van der Waals surface area (Å²) in [7, 11) is 0. The molecular formula is C19H23FN2O3. The summed E-state index contributed by atoms with van der Waals surface area (Å²) in [6.45, 7) is 2.96. The number of carboxylic acids is 1. The quantitative estimate of drug-likeness (QED) is 0.907. The van der Waals surface area contributed by atoms with Crippen molar-refractivity contribution in [1.82, 2.24) is 9.80 Å². The first kappa shape index (κ1) is 16.5. The van der Waals surface area contributed by atoms with Crippen LogP contribution in [0.3, 0.4) is 0 Å². The molecule has 3 fully saturated rings. The molecular weight excluding hydrogens is 323 g/mol. The molecule has 0 aromatic heterocycles. The van der Waals surface area contributed by atoms with E-state index >= 15 is 0 Å². The second-order valence-electron chi connectivity index (χ2n) is 7.84. The summed E-state index contributed by atoms with van der Waals surface area (Å²) in [6, 6.07) is 5.44. The third-order valence-corrected chi connectivity index (χ3v) is 6.23. The van der Waals surface area contributed by atoms with Crippen LogP contribution in [-0.2, 0) is 4.79 Å². The molecule has 1 N–H and O–H groups in total. The number of aliphatic carboxylic acids is 1. The maximum absolute atomic E-state index is 13.1. The van der Waals surface area contributed by atoms with Crippen LogP contribution in [0.15, 0.2) is 24.3 Å². The molecule has 1 aromatic carbocycles. The van der Waals surface area contributed by atoms with E-state index in [4.69, 9.17) is 0 Å². The first-order valence-electron chi connectivity index (χ1n) is 8.98. The third kappa shape index (κ3) is 2.82. The summed E-state index contributed by atoms with van der Waals surface area (Å²) < 4.78 is 13.1. The molecule has 0 spiro atoms. The first-order valence-corrected chi connectivity index (χ1v) is 8.98. The van der Waals surface area contributed by atoms with E-state index in [2.05, 4.69) is 4.90 Å². The van der Waals surface area contributed by atoms with Crippen molar-refractivity contribution in [2.24, 2.45) is 17.3 Å². The van der Waals surface area contributed by atoms with Crippen molar-refractivity contribution in [3.63, 3.8) is 0 Å². The number of amides is 1. The molecule has 3 aliphatic rings. The first-order chi connectivity index (χ1) is 12.0. The van der Waals surface area contributed by atoms with Crippen molar-refractivity contribution in [2.75, 3.05) is 32.7 Å². The molecule has 5 nitrogen and oxygen atoms in total. The minimum Gasteiger partial charge on any atom is -0.481 e. The number of halogens is 1. The zero-order chi connectivity index (χ0) is 17.6. The number of fused-ring (bicyclic) bond motifs is 1. The van der Waals surface area contributed by atoms with Gasteiger partial charge in [0.2, 0.25) is 0 Å². The largest absolute Gasteiger partial charge is 0.481 e. The molecule has 25 heavy (non-hydrogen) atoms. The fourth-order valence-electron chi connectivity index (χ4n) is 4.58. The van der Waals surface area contributed by atoms with Crippen molar-refractivity contribution in [1.29, 1.82) is 0 Å². The molecule has 4 rings (SSSR count). The Kier molecular flexibility index (Phi) is 4.02. The molecule has 1 saturated carbocycles. The van der Waals surface area contributed by atoms with Gasteiger partial charge in [-0.2, -0.15) is 0 Å². The Morgan fingerprint density at radius 3 is 2.44 bits per heavy atom. The van der Waals surface area contributed by atoms with E-state index in [-0.39, 0.29) is 24.2 Å². The SMILES string of the molecule is O=C(c1ccc(F)cc1)N1C[C@H]2CN(CC3CCC3)C[C@@]2(C(=O)O)C1. The minimum absolute atomic E-state index is 0.0329. The second kappa shape index (κ2) is 6.09. The molecule has 0 bridgehead atoms. The van der Waals surface area contributed by atoms with Gasteiger partial charge in [-0.15, -0.1) is 0 Å². The van der Waals surface area contributed by atoms with Crippen LogP contribution < -0.4 is 0 Å². The number of carbonyl (C=O) groups is 2. The van der Waals surface area contributed by atoms with E-state index in [1.54, 1.807) is 4.90 Å². The van der Waals surface area contributed by atoms with Gasteiger partial charge in [-0.25, -0.2) is 4.39 Å². The average molecular weight is 346 g/mol. The molecule has 0 unspecified atom stereocenters. The standard InChI is InChI=1S/C19H23FN2O3/c20-16-6-4-14(5-7-16)17(23)22-10-15-9-21(8-13-2-1-3-13)11-19(15,12-22)18(24)25/h4-7,13,15H,1-3,8-12H2,(H,24,25)/t15-,19-/m1/s1. The van der Waals surface area contributed by atoms with Crippen molar-refractivity contribution in [3.05, 3.63) is 35.6 Å². The van der Waals surface area contributed by atoms with Crippen molar-refractivity contribution in [3.8, 4) is 0 Å². The Balaban J connectivity index is 1.48. The number of benzene rings is 1. The Morgan fingerprint density at radius 2 is 1.88 bits per heavy atom. The molecule has 134 valence electrons. The van der Waals surface area contributed by atoms with Crippen molar-refractivity contribution < 1.29 is 19.1 Å². The zero-order valence-electron chi connectivity index (χ0n) is 14.2. The third-order valence-electron chi connectivity index (χ3n) is 6.23. The number of hydrogen-bond acceptors (Lipinski definition) is 3.